The van der Waals surface area contributed by atoms with E-state index in [4.69, 9.17) is 4.74 Å². The Morgan fingerprint density at radius 3 is 2.49 bits per heavy atom. The number of carbonyl (C=O) groups is 2. The molecule has 2 heterocycles. The summed E-state index contributed by atoms with van der Waals surface area (Å²) in [5, 5.41) is 8.82. The highest BCUT2D eigenvalue weighted by Crippen LogP contribution is 2.25. The summed E-state index contributed by atoms with van der Waals surface area (Å²) >= 11 is 1.46. The topological polar surface area (TPSA) is 95.3 Å². The number of amides is 1. The summed E-state index contributed by atoms with van der Waals surface area (Å²) in [6.45, 7) is -3.10. The molecule has 0 unspecified atom stereocenters. The minimum absolute atomic E-state index is 0.0604. The molecule has 0 spiro atoms. The van der Waals surface area contributed by atoms with Gasteiger partial charge in [-0.15, -0.1) is 16.4 Å². The van der Waals surface area contributed by atoms with E-state index in [9.17, 15) is 18.4 Å². The number of aromatic nitrogens is 3. The van der Waals surface area contributed by atoms with Gasteiger partial charge < -0.3 is 14.8 Å². The molecule has 8 nitrogen and oxygen atoms in total. The number of nitrogens with one attached hydrogen (secondary N) is 1. The Hall–Kier alpha value is -4.12. The summed E-state index contributed by atoms with van der Waals surface area (Å²) in [4.78, 5) is 29.8. The number of hydrogen-bond donors (Lipinski definition) is 1. The van der Waals surface area contributed by atoms with Gasteiger partial charge in [0.15, 0.2) is 12.4 Å². The van der Waals surface area contributed by atoms with Crippen molar-refractivity contribution in [3.05, 3.63) is 83.5 Å². The monoisotopic (exact) mass is 498 g/mol. The number of benzene rings is 2. The number of esters is 1. The van der Waals surface area contributed by atoms with Crippen molar-refractivity contribution in [2.75, 3.05) is 13.2 Å². The van der Waals surface area contributed by atoms with Crippen LogP contribution in [0.4, 0.5) is 8.78 Å². The lowest BCUT2D eigenvalue weighted by molar-refractivity contribution is -0.124. The predicted octanol–water partition coefficient (Wildman–Crippen LogP) is 4.11. The molecule has 0 bridgehead atoms. The lowest BCUT2D eigenvalue weighted by Gasteiger charge is -2.07. The Kier molecular flexibility index (Phi) is 7.78. The van der Waals surface area contributed by atoms with E-state index in [0.717, 1.165) is 16.1 Å². The van der Waals surface area contributed by atoms with Crippen LogP contribution in [0.2, 0.25) is 0 Å². The van der Waals surface area contributed by atoms with Gasteiger partial charge in [-0.3, -0.25) is 4.79 Å². The molecule has 0 aliphatic heterocycles. The Bertz CT molecular complexity index is 1260. The number of thiophene rings is 1. The van der Waals surface area contributed by atoms with E-state index in [-0.39, 0.29) is 18.1 Å². The lowest BCUT2D eigenvalue weighted by atomic mass is 10.1. The Labute approximate surface area is 203 Å². The zero-order valence-electron chi connectivity index (χ0n) is 18.3. The Morgan fingerprint density at radius 2 is 1.80 bits per heavy atom. The third kappa shape index (κ3) is 6.48. The second-order valence-corrected chi connectivity index (χ2v) is 8.13. The van der Waals surface area contributed by atoms with E-state index >= 15 is 0 Å². The van der Waals surface area contributed by atoms with Crippen molar-refractivity contribution in [3.8, 4) is 22.1 Å². The van der Waals surface area contributed by atoms with Crippen molar-refractivity contribution >= 4 is 23.2 Å². The van der Waals surface area contributed by atoms with Gasteiger partial charge >= 0.3 is 12.6 Å². The van der Waals surface area contributed by atoms with Crippen LogP contribution >= 0.6 is 11.3 Å². The quantitative estimate of drug-likeness (QED) is 0.331. The van der Waals surface area contributed by atoms with E-state index in [2.05, 4.69) is 20.1 Å². The Morgan fingerprint density at radius 1 is 1.03 bits per heavy atom. The molecule has 1 N–H and O–H groups in total. The second kappa shape index (κ2) is 11.3. The largest absolute Gasteiger partial charge is 0.450 e. The Balaban J connectivity index is 1.31. The predicted molar refractivity (Wildman–Crippen MR) is 125 cm³/mol. The highest BCUT2D eigenvalue weighted by atomic mass is 32.1. The van der Waals surface area contributed by atoms with Gasteiger partial charge in [-0.1, -0.05) is 36.4 Å². The molecular weight excluding hydrogens is 478 g/mol. The van der Waals surface area contributed by atoms with Crippen LogP contribution in [0.3, 0.4) is 0 Å². The van der Waals surface area contributed by atoms with Crippen LogP contribution in [0.5, 0.6) is 5.75 Å². The van der Waals surface area contributed by atoms with Gasteiger partial charge in [-0.25, -0.2) is 9.48 Å². The molecule has 0 aliphatic rings. The van der Waals surface area contributed by atoms with Crippen LogP contribution in [0.1, 0.15) is 16.2 Å². The highest BCUT2D eigenvalue weighted by molar-refractivity contribution is 7.13. The lowest BCUT2D eigenvalue weighted by Crippen LogP contribution is -2.30. The summed E-state index contributed by atoms with van der Waals surface area (Å²) in [7, 11) is 0. The van der Waals surface area contributed by atoms with Gasteiger partial charge in [-0.05, 0) is 47.7 Å². The van der Waals surface area contributed by atoms with Gasteiger partial charge in [0.25, 0.3) is 11.7 Å². The standard InChI is InChI=1S/C24H20F2N4O4S/c25-24(26)34-18-10-8-16(9-11-18)12-13-27-20(31)15-33-23(32)21-28-22(19-7-4-14-35-19)30(29-21)17-5-2-1-3-6-17/h1-11,14,24H,12-13,15H2,(H,27,31). The van der Waals surface area contributed by atoms with Gasteiger partial charge in [0.1, 0.15) is 5.75 Å². The third-order valence-electron chi connectivity index (χ3n) is 4.75. The first-order valence-corrected chi connectivity index (χ1v) is 11.4. The number of nitrogens with zero attached hydrogens (tertiary/aromatic N) is 3. The van der Waals surface area contributed by atoms with Crippen molar-refractivity contribution in [1.82, 2.24) is 20.1 Å². The van der Waals surface area contributed by atoms with Gasteiger partial charge in [0.05, 0.1) is 10.6 Å². The first kappa shape index (κ1) is 24.0. The van der Waals surface area contributed by atoms with Crippen molar-refractivity contribution < 1.29 is 27.8 Å². The van der Waals surface area contributed by atoms with Gasteiger partial charge in [0.2, 0.25) is 0 Å². The molecule has 180 valence electrons. The van der Waals surface area contributed by atoms with E-state index in [0.29, 0.717) is 12.2 Å². The molecule has 4 aromatic rings. The van der Waals surface area contributed by atoms with Crippen LogP contribution < -0.4 is 10.1 Å². The van der Waals surface area contributed by atoms with E-state index in [1.807, 2.05) is 47.8 Å². The van der Waals surface area contributed by atoms with Crippen LogP contribution in [0.25, 0.3) is 16.4 Å². The van der Waals surface area contributed by atoms with Crippen LogP contribution in [-0.4, -0.2) is 46.4 Å². The molecule has 0 radical (unpaired) electrons. The van der Waals surface area contributed by atoms with E-state index in [1.54, 1.807) is 16.8 Å². The molecule has 4 rings (SSSR count). The summed E-state index contributed by atoms with van der Waals surface area (Å²) in [6.07, 6.45) is 0.460. The van der Waals surface area contributed by atoms with E-state index < -0.39 is 25.1 Å². The molecule has 0 aliphatic carbocycles. The molecule has 2 aromatic heterocycles. The normalized spacial score (nSPS) is 10.8. The zero-order chi connectivity index (χ0) is 24.6. The molecule has 0 saturated carbocycles. The fraction of sp³-hybridized carbons (Fsp3) is 0.167. The molecule has 0 fully saturated rings. The molecule has 1 amide bonds. The first-order valence-electron chi connectivity index (χ1n) is 10.5. The van der Waals surface area contributed by atoms with Crippen molar-refractivity contribution in [2.24, 2.45) is 0 Å². The highest BCUT2D eigenvalue weighted by Gasteiger charge is 2.21. The number of ether oxygens (including phenoxy) is 2. The summed E-state index contributed by atoms with van der Waals surface area (Å²) < 4.78 is 35.3. The average Bonchev–Trinajstić information content (AvgIpc) is 3.54. The van der Waals surface area contributed by atoms with E-state index in [1.165, 1.54) is 23.5 Å². The second-order valence-electron chi connectivity index (χ2n) is 7.18. The number of para-hydroxylation sites is 1. The SMILES string of the molecule is O=C(COC(=O)c1nc(-c2cccs2)n(-c2ccccc2)n1)NCCc1ccc(OC(F)F)cc1. The van der Waals surface area contributed by atoms with Crippen LogP contribution in [-0.2, 0) is 16.0 Å². The van der Waals surface area contributed by atoms with Gasteiger partial charge in [-0.2, -0.15) is 13.8 Å². The van der Waals surface area contributed by atoms with Crippen molar-refractivity contribution in [3.63, 3.8) is 0 Å². The molecule has 2 aromatic carbocycles. The number of carbonyl (C=O) groups excluding carboxylic acids is 2. The number of rotatable bonds is 10. The van der Waals surface area contributed by atoms with Crippen molar-refractivity contribution in [2.45, 2.75) is 13.0 Å². The minimum Gasteiger partial charge on any atom is -0.450 e. The molecular formula is C24H20F2N4O4S. The first-order chi connectivity index (χ1) is 17.0. The third-order valence-corrected chi connectivity index (χ3v) is 5.62. The summed E-state index contributed by atoms with van der Waals surface area (Å²) in [6, 6.07) is 19.1. The average molecular weight is 499 g/mol. The van der Waals surface area contributed by atoms with Crippen LogP contribution in [0.15, 0.2) is 72.1 Å². The molecule has 0 saturated heterocycles. The molecule has 0 atom stereocenters. The fourth-order valence-corrected chi connectivity index (χ4v) is 3.84. The maximum atomic E-state index is 12.5. The summed E-state index contributed by atoms with van der Waals surface area (Å²) in [5.74, 6) is -0.909. The van der Waals surface area contributed by atoms with Crippen LogP contribution in [0, 0.1) is 0 Å². The maximum Gasteiger partial charge on any atom is 0.387 e. The fourth-order valence-electron chi connectivity index (χ4n) is 3.14. The number of hydrogen-bond acceptors (Lipinski definition) is 7. The molecule has 11 heteroatoms. The zero-order valence-corrected chi connectivity index (χ0v) is 19.1. The number of alkyl halides is 2. The smallest absolute Gasteiger partial charge is 0.387 e. The maximum absolute atomic E-state index is 12.5. The summed E-state index contributed by atoms with van der Waals surface area (Å²) in [5.41, 5.74) is 1.55. The molecule has 35 heavy (non-hydrogen) atoms. The van der Waals surface area contributed by atoms with Crippen molar-refractivity contribution in [1.29, 1.82) is 0 Å². The minimum atomic E-state index is -2.88. The van der Waals surface area contributed by atoms with Gasteiger partial charge in [0, 0.05) is 6.54 Å². The number of halogens is 2.